The third kappa shape index (κ3) is 3.71. The summed E-state index contributed by atoms with van der Waals surface area (Å²) in [6.07, 6.45) is 0. The van der Waals surface area contributed by atoms with Crippen LogP contribution in [0.3, 0.4) is 0 Å². The van der Waals surface area contributed by atoms with Crippen molar-refractivity contribution in [3.8, 4) is 16.3 Å². The number of rotatable bonds is 4. The molecule has 0 saturated heterocycles. The van der Waals surface area contributed by atoms with Crippen LogP contribution in [0.15, 0.2) is 40.9 Å². The number of anilines is 1. The van der Waals surface area contributed by atoms with Gasteiger partial charge in [0.15, 0.2) is 5.75 Å². The zero-order chi connectivity index (χ0) is 18.8. The SMILES string of the molecule is COc1c(Cl)ccc(Cl)c1C(=O)N(C)c1nnc(-c2ccc(Br)cc2)s1. The highest BCUT2D eigenvalue weighted by atomic mass is 79.9. The molecule has 26 heavy (non-hydrogen) atoms. The predicted octanol–water partition coefficient (Wildman–Crippen LogP) is 5.56. The standard InChI is InChI=1S/C17H12BrCl2N3O2S/c1-23(16(24)13-11(19)7-8-12(20)14(13)25-2)17-22-21-15(26-17)9-3-5-10(18)6-4-9/h3-8H,1-2H3. The van der Waals surface area contributed by atoms with Crippen LogP contribution in [0.2, 0.25) is 10.0 Å². The van der Waals surface area contributed by atoms with E-state index in [1.165, 1.54) is 23.3 Å². The number of nitrogens with zero attached hydrogens (tertiary/aromatic N) is 3. The summed E-state index contributed by atoms with van der Waals surface area (Å²) in [5.41, 5.74) is 1.10. The van der Waals surface area contributed by atoms with E-state index in [0.29, 0.717) is 15.2 Å². The lowest BCUT2D eigenvalue weighted by atomic mass is 10.1. The van der Waals surface area contributed by atoms with Crippen LogP contribution in [-0.4, -0.2) is 30.3 Å². The molecule has 0 aliphatic rings. The maximum absolute atomic E-state index is 12.9. The van der Waals surface area contributed by atoms with E-state index < -0.39 is 0 Å². The molecule has 5 nitrogen and oxygen atoms in total. The van der Waals surface area contributed by atoms with Gasteiger partial charge in [-0.1, -0.05) is 62.6 Å². The Morgan fingerprint density at radius 3 is 2.42 bits per heavy atom. The van der Waals surface area contributed by atoms with Gasteiger partial charge in [0.05, 0.1) is 17.2 Å². The average Bonchev–Trinajstić information content (AvgIpc) is 3.12. The molecule has 0 fully saturated rings. The third-order valence-electron chi connectivity index (χ3n) is 3.57. The average molecular weight is 473 g/mol. The molecule has 0 bridgehead atoms. The molecule has 0 saturated carbocycles. The summed E-state index contributed by atoms with van der Waals surface area (Å²) in [7, 11) is 3.04. The maximum atomic E-state index is 12.9. The zero-order valence-corrected chi connectivity index (χ0v) is 17.6. The Balaban J connectivity index is 1.93. The maximum Gasteiger partial charge on any atom is 0.265 e. The Bertz CT molecular complexity index is 963. The van der Waals surface area contributed by atoms with Crippen molar-refractivity contribution in [1.82, 2.24) is 10.2 Å². The van der Waals surface area contributed by atoms with Crippen molar-refractivity contribution in [3.63, 3.8) is 0 Å². The van der Waals surface area contributed by atoms with Gasteiger partial charge in [-0.15, -0.1) is 10.2 Å². The van der Waals surface area contributed by atoms with Gasteiger partial charge in [0, 0.05) is 17.1 Å². The highest BCUT2D eigenvalue weighted by Crippen LogP contribution is 2.36. The molecule has 134 valence electrons. The van der Waals surface area contributed by atoms with Gasteiger partial charge in [0.1, 0.15) is 10.6 Å². The molecule has 0 atom stereocenters. The van der Waals surface area contributed by atoms with E-state index >= 15 is 0 Å². The highest BCUT2D eigenvalue weighted by Gasteiger charge is 2.25. The molecule has 0 N–H and O–H groups in total. The molecule has 1 heterocycles. The summed E-state index contributed by atoms with van der Waals surface area (Å²) < 4.78 is 6.22. The molecule has 2 aromatic carbocycles. The first-order valence-electron chi connectivity index (χ1n) is 7.32. The fraction of sp³-hybridized carbons (Fsp3) is 0.118. The van der Waals surface area contributed by atoms with Gasteiger partial charge < -0.3 is 4.74 Å². The summed E-state index contributed by atoms with van der Waals surface area (Å²) in [6.45, 7) is 0. The Morgan fingerprint density at radius 1 is 1.12 bits per heavy atom. The topological polar surface area (TPSA) is 55.3 Å². The number of amides is 1. The van der Waals surface area contributed by atoms with Gasteiger partial charge >= 0.3 is 0 Å². The second kappa shape index (κ2) is 7.92. The molecule has 1 amide bonds. The summed E-state index contributed by atoms with van der Waals surface area (Å²) in [5.74, 6) is -0.151. The Labute approximate surface area is 172 Å². The summed E-state index contributed by atoms with van der Waals surface area (Å²) >= 11 is 17.0. The van der Waals surface area contributed by atoms with Crippen molar-refractivity contribution < 1.29 is 9.53 Å². The number of carbonyl (C=O) groups is 1. The number of benzene rings is 2. The molecular formula is C17H12BrCl2N3O2S. The van der Waals surface area contributed by atoms with Crippen molar-refractivity contribution in [2.75, 3.05) is 19.1 Å². The molecule has 0 aliphatic heterocycles. The van der Waals surface area contributed by atoms with E-state index in [0.717, 1.165) is 10.0 Å². The fourth-order valence-corrected chi connectivity index (χ4v) is 3.79. The first-order chi connectivity index (χ1) is 12.4. The molecule has 0 spiro atoms. The summed E-state index contributed by atoms with van der Waals surface area (Å²) in [4.78, 5) is 14.3. The molecule has 1 aromatic heterocycles. The van der Waals surface area contributed by atoms with Gasteiger partial charge in [0.2, 0.25) is 5.13 Å². The van der Waals surface area contributed by atoms with Crippen molar-refractivity contribution >= 4 is 61.5 Å². The lowest BCUT2D eigenvalue weighted by Crippen LogP contribution is -2.27. The Kier molecular flexibility index (Phi) is 5.82. The Hall–Kier alpha value is -1.67. The van der Waals surface area contributed by atoms with Crippen LogP contribution < -0.4 is 9.64 Å². The van der Waals surface area contributed by atoms with Crippen LogP contribution in [0.25, 0.3) is 10.6 Å². The van der Waals surface area contributed by atoms with Crippen LogP contribution >= 0.6 is 50.5 Å². The molecule has 3 rings (SSSR count). The van der Waals surface area contributed by atoms with Crippen LogP contribution in [0.1, 0.15) is 10.4 Å². The van der Waals surface area contributed by atoms with Crippen LogP contribution in [0, 0.1) is 0 Å². The van der Waals surface area contributed by atoms with E-state index in [4.69, 9.17) is 27.9 Å². The normalized spacial score (nSPS) is 10.7. The second-order valence-corrected chi connectivity index (χ2v) is 7.88. The number of ether oxygens (including phenoxy) is 1. The van der Waals surface area contributed by atoms with E-state index in [9.17, 15) is 4.79 Å². The second-order valence-electron chi connectivity index (χ2n) is 5.20. The molecule has 0 aliphatic carbocycles. The first kappa shape index (κ1) is 19.1. The van der Waals surface area contributed by atoms with Gasteiger partial charge in [-0.3, -0.25) is 9.69 Å². The summed E-state index contributed by atoms with van der Waals surface area (Å²) in [6, 6.07) is 10.8. The van der Waals surface area contributed by atoms with Crippen molar-refractivity contribution in [3.05, 3.63) is 56.5 Å². The number of hydrogen-bond donors (Lipinski definition) is 0. The zero-order valence-electron chi connectivity index (χ0n) is 13.7. The minimum atomic E-state index is -0.382. The van der Waals surface area contributed by atoms with E-state index in [2.05, 4.69) is 26.1 Å². The lowest BCUT2D eigenvalue weighted by Gasteiger charge is -2.17. The van der Waals surface area contributed by atoms with Crippen molar-refractivity contribution in [2.24, 2.45) is 0 Å². The van der Waals surface area contributed by atoms with Gasteiger partial charge in [-0.05, 0) is 24.3 Å². The fourth-order valence-electron chi connectivity index (χ4n) is 2.25. The van der Waals surface area contributed by atoms with Gasteiger partial charge in [0.25, 0.3) is 5.91 Å². The number of halogens is 3. The van der Waals surface area contributed by atoms with Crippen LogP contribution in [-0.2, 0) is 0 Å². The molecule has 9 heteroatoms. The van der Waals surface area contributed by atoms with E-state index in [1.54, 1.807) is 19.2 Å². The summed E-state index contributed by atoms with van der Waals surface area (Å²) in [5, 5.41) is 9.98. The molecule has 3 aromatic rings. The first-order valence-corrected chi connectivity index (χ1v) is 9.68. The Morgan fingerprint density at radius 2 is 1.77 bits per heavy atom. The number of methoxy groups -OCH3 is 1. The van der Waals surface area contributed by atoms with E-state index in [1.807, 2.05) is 24.3 Å². The minimum Gasteiger partial charge on any atom is -0.494 e. The molecular weight excluding hydrogens is 461 g/mol. The minimum absolute atomic E-state index is 0.185. The number of hydrogen-bond acceptors (Lipinski definition) is 5. The highest BCUT2D eigenvalue weighted by molar-refractivity contribution is 9.10. The quantitative estimate of drug-likeness (QED) is 0.498. The number of carbonyl (C=O) groups excluding carboxylic acids is 1. The largest absolute Gasteiger partial charge is 0.494 e. The predicted molar refractivity (Wildman–Crippen MR) is 109 cm³/mol. The smallest absolute Gasteiger partial charge is 0.265 e. The van der Waals surface area contributed by atoms with Crippen LogP contribution in [0.4, 0.5) is 5.13 Å². The molecule has 0 radical (unpaired) electrons. The lowest BCUT2D eigenvalue weighted by molar-refractivity contribution is 0.0990. The monoisotopic (exact) mass is 471 g/mol. The van der Waals surface area contributed by atoms with Crippen LogP contribution in [0.5, 0.6) is 5.75 Å². The number of aromatic nitrogens is 2. The molecule has 0 unspecified atom stereocenters. The van der Waals surface area contributed by atoms with Crippen molar-refractivity contribution in [1.29, 1.82) is 0 Å². The van der Waals surface area contributed by atoms with Gasteiger partial charge in [-0.2, -0.15) is 0 Å². The van der Waals surface area contributed by atoms with Gasteiger partial charge in [-0.25, -0.2) is 0 Å². The van der Waals surface area contributed by atoms with Crippen molar-refractivity contribution in [2.45, 2.75) is 0 Å². The third-order valence-corrected chi connectivity index (χ3v) is 5.76. The van der Waals surface area contributed by atoms with E-state index in [-0.39, 0.29) is 22.2 Å².